The topological polar surface area (TPSA) is 105 Å². The molecule has 1 aromatic rings. The molecule has 30 heavy (non-hydrogen) atoms. The number of carbonyl (C=O) groups excluding carboxylic acids is 3. The number of carbonyl (C=O) groups is 3. The van der Waals surface area contributed by atoms with E-state index in [0.29, 0.717) is 4.90 Å². The monoisotopic (exact) mass is 438 g/mol. The molecule has 0 aliphatic carbocycles. The number of nitrogens with two attached hydrogens (primary N) is 1. The molecular formula is C17H19F5N4O4. The summed E-state index contributed by atoms with van der Waals surface area (Å²) in [6.07, 6.45) is -7.72. The van der Waals surface area contributed by atoms with E-state index in [-0.39, 0.29) is 31.1 Å². The van der Waals surface area contributed by atoms with Gasteiger partial charge in [0.05, 0.1) is 18.8 Å². The number of anilines is 2. The Kier molecular flexibility index (Phi) is 7.31. The first-order valence-electron chi connectivity index (χ1n) is 8.58. The highest BCUT2D eigenvalue weighted by atomic mass is 19.4. The van der Waals surface area contributed by atoms with Gasteiger partial charge < -0.3 is 20.7 Å². The molecule has 0 unspecified atom stereocenters. The number of morpholine rings is 1. The Bertz CT molecular complexity index is 818. The van der Waals surface area contributed by atoms with E-state index < -0.39 is 48.5 Å². The smallest absolute Gasteiger partial charge is 0.370 e. The molecule has 0 aromatic heterocycles. The maximum atomic E-state index is 13.5. The molecule has 2 rings (SSSR count). The Balaban J connectivity index is 2.26. The van der Waals surface area contributed by atoms with E-state index in [1.165, 1.54) is 12.1 Å². The quantitative estimate of drug-likeness (QED) is 0.493. The third-order valence-electron chi connectivity index (χ3n) is 4.19. The summed E-state index contributed by atoms with van der Waals surface area (Å²) in [5.41, 5.74) is 4.17. The van der Waals surface area contributed by atoms with Crippen molar-refractivity contribution < 1.29 is 41.1 Å². The average molecular weight is 438 g/mol. The van der Waals surface area contributed by atoms with E-state index in [1.807, 2.05) is 0 Å². The van der Waals surface area contributed by atoms with Gasteiger partial charge in [0.25, 0.3) is 18.2 Å². The van der Waals surface area contributed by atoms with Gasteiger partial charge in [-0.25, -0.2) is 8.78 Å². The molecule has 8 nitrogen and oxygen atoms in total. The minimum atomic E-state index is -4.70. The second-order valence-electron chi connectivity index (χ2n) is 6.50. The number of nitrogens with zero attached hydrogens (tertiary/aromatic N) is 2. The molecule has 0 bridgehead atoms. The highest BCUT2D eigenvalue weighted by Crippen LogP contribution is 2.33. The number of hydrogen-bond acceptors (Lipinski definition) is 5. The molecule has 1 aliphatic heterocycles. The van der Waals surface area contributed by atoms with Crippen LogP contribution >= 0.6 is 0 Å². The summed E-state index contributed by atoms with van der Waals surface area (Å²) in [4.78, 5) is 37.2. The largest absolute Gasteiger partial charge is 0.401 e. The van der Waals surface area contributed by atoms with Crippen molar-refractivity contribution in [3.05, 3.63) is 23.8 Å². The van der Waals surface area contributed by atoms with Crippen LogP contribution in [0.15, 0.2) is 18.2 Å². The van der Waals surface area contributed by atoms with Crippen LogP contribution in [0.5, 0.6) is 0 Å². The normalized spacial score (nSPS) is 16.1. The molecule has 1 fully saturated rings. The molecule has 3 N–H and O–H groups in total. The molecule has 1 aliphatic rings. The second-order valence-corrected chi connectivity index (χ2v) is 6.50. The molecule has 1 aromatic carbocycles. The third-order valence-corrected chi connectivity index (χ3v) is 4.19. The summed E-state index contributed by atoms with van der Waals surface area (Å²) in [5.74, 6) is -3.09. The predicted octanol–water partition coefficient (Wildman–Crippen LogP) is 1.27. The van der Waals surface area contributed by atoms with Gasteiger partial charge in [0.1, 0.15) is 6.61 Å². The maximum absolute atomic E-state index is 13.5. The van der Waals surface area contributed by atoms with E-state index in [2.05, 4.69) is 5.32 Å². The van der Waals surface area contributed by atoms with Crippen molar-refractivity contribution in [1.29, 1.82) is 0 Å². The number of primary amides is 1. The lowest BCUT2D eigenvalue weighted by Crippen LogP contribution is -2.52. The van der Waals surface area contributed by atoms with Crippen LogP contribution in [0, 0.1) is 0 Å². The summed E-state index contributed by atoms with van der Waals surface area (Å²) in [6, 6.07) is 1.24. The van der Waals surface area contributed by atoms with E-state index in [1.54, 1.807) is 0 Å². The number of halogens is 5. The van der Waals surface area contributed by atoms with Gasteiger partial charge in [-0.15, -0.1) is 0 Å². The number of hydrogen-bond donors (Lipinski definition) is 2. The van der Waals surface area contributed by atoms with Crippen LogP contribution in [-0.2, 0) is 19.1 Å². The summed E-state index contributed by atoms with van der Waals surface area (Å²) in [7, 11) is 0.875. The fraction of sp³-hybridized carbons (Fsp3) is 0.471. The van der Waals surface area contributed by atoms with Gasteiger partial charge in [-0.2, -0.15) is 13.2 Å². The van der Waals surface area contributed by atoms with Gasteiger partial charge in [-0.1, -0.05) is 0 Å². The van der Waals surface area contributed by atoms with Crippen molar-refractivity contribution in [2.24, 2.45) is 5.73 Å². The van der Waals surface area contributed by atoms with Crippen LogP contribution in [-0.4, -0.2) is 68.2 Å². The molecule has 1 saturated heterocycles. The zero-order valence-electron chi connectivity index (χ0n) is 15.7. The number of ether oxygens (including phenoxy) is 1. The van der Waals surface area contributed by atoms with Gasteiger partial charge in [0, 0.05) is 17.8 Å². The Labute approximate surface area is 167 Å². The first-order valence-corrected chi connectivity index (χ1v) is 8.58. The minimum absolute atomic E-state index is 0.0518. The molecule has 0 saturated carbocycles. The van der Waals surface area contributed by atoms with Crippen molar-refractivity contribution in [2.75, 3.05) is 43.6 Å². The minimum Gasteiger partial charge on any atom is -0.370 e. The molecule has 0 spiro atoms. The number of benzene rings is 1. The van der Waals surface area contributed by atoms with Crippen LogP contribution < -0.4 is 16.0 Å². The van der Waals surface area contributed by atoms with Gasteiger partial charge in [-0.3, -0.25) is 19.3 Å². The van der Waals surface area contributed by atoms with Crippen LogP contribution in [0.25, 0.3) is 0 Å². The lowest BCUT2D eigenvalue weighted by molar-refractivity contribution is -0.154. The average Bonchev–Trinajstić information content (AvgIpc) is 2.60. The molecule has 3 amide bonds. The number of likely N-dealkylation sites (N-methyl/N-ethyl adjacent to an activating group) is 1. The fourth-order valence-electron chi connectivity index (χ4n) is 2.96. The standard InChI is InChI=1S/C17H19F5N4O4/c1-25(8-17(20,21)22)13(15(23)28)16(29)24-9-2-3-11(10(6-9)14(18)19)26-4-5-30-7-12(26)27/h2-3,6,13-14H,4-5,7-8H2,1H3,(H2,23,28)(H,24,29)/t13-/m0/s1. The Hall–Kier alpha value is -2.80. The summed E-state index contributed by atoms with van der Waals surface area (Å²) < 4.78 is 69.7. The fourth-order valence-corrected chi connectivity index (χ4v) is 2.96. The highest BCUT2D eigenvalue weighted by molar-refractivity contribution is 6.09. The zero-order chi connectivity index (χ0) is 22.6. The van der Waals surface area contributed by atoms with Crippen molar-refractivity contribution in [3.8, 4) is 0 Å². The van der Waals surface area contributed by atoms with E-state index in [9.17, 15) is 36.3 Å². The van der Waals surface area contributed by atoms with Crippen molar-refractivity contribution in [2.45, 2.75) is 18.6 Å². The molecule has 0 radical (unpaired) electrons. The Morgan fingerprint density at radius 3 is 2.53 bits per heavy atom. The summed E-state index contributed by atoms with van der Waals surface area (Å²) in [6.45, 7) is -1.66. The maximum Gasteiger partial charge on any atom is 0.401 e. The Morgan fingerprint density at radius 1 is 1.33 bits per heavy atom. The molecule has 13 heteroatoms. The van der Waals surface area contributed by atoms with E-state index >= 15 is 0 Å². The Morgan fingerprint density at radius 2 is 2.00 bits per heavy atom. The van der Waals surface area contributed by atoms with Gasteiger partial charge in [-0.05, 0) is 25.2 Å². The number of amides is 3. The first-order chi connectivity index (χ1) is 13.9. The van der Waals surface area contributed by atoms with Crippen molar-refractivity contribution in [3.63, 3.8) is 0 Å². The molecular weight excluding hydrogens is 419 g/mol. The number of nitrogens with one attached hydrogen (secondary N) is 1. The van der Waals surface area contributed by atoms with Gasteiger partial charge >= 0.3 is 6.18 Å². The lowest BCUT2D eigenvalue weighted by Gasteiger charge is -2.29. The third kappa shape index (κ3) is 5.86. The van der Waals surface area contributed by atoms with Crippen molar-refractivity contribution >= 4 is 29.1 Å². The summed E-state index contributed by atoms with van der Waals surface area (Å²) >= 11 is 0. The van der Waals surface area contributed by atoms with E-state index in [4.69, 9.17) is 10.5 Å². The van der Waals surface area contributed by atoms with E-state index in [0.717, 1.165) is 18.0 Å². The van der Waals surface area contributed by atoms with Crippen LogP contribution in [0.3, 0.4) is 0 Å². The SMILES string of the molecule is CN(CC(F)(F)F)[C@@H](C(N)=O)C(=O)Nc1ccc(N2CCOCC2=O)c(C(F)F)c1. The predicted molar refractivity (Wildman–Crippen MR) is 94.9 cm³/mol. The molecule has 166 valence electrons. The first kappa shape index (κ1) is 23.5. The number of alkyl halides is 5. The second kappa shape index (κ2) is 9.34. The summed E-state index contributed by atoms with van der Waals surface area (Å²) in [5, 5.41) is 2.12. The number of rotatable bonds is 7. The van der Waals surface area contributed by atoms with Crippen molar-refractivity contribution in [1.82, 2.24) is 4.90 Å². The van der Waals surface area contributed by atoms with Crippen LogP contribution in [0.4, 0.5) is 33.3 Å². The zero-order valence-corrected chi connectivity index (χ0v) is 15.7. The van der Waals surface area contributed by atoms with Gasteiger partial charge in [0.15, 0.2) is 6.04 Å². The lowest BCUT2D eigenvalue weighted by atomic mass is 10.1. The van der Waals surface area contributed by atoms with Crippen LogP contribution in [0.1, 0.15) is 12.0 Å². The molecule has 1 atom stereocenters. The van der Waals surface area contributed by atoms with Crippen LogP contribution in [0.2, 0.25) is 0 Å². The van der Waals surface area contributed by atoms with Gasteiger partial charge in [0.2, 0.25) is 5.91 Å². The molecule has 1 heterocycles. The highest BCUT2D eigenvalue weighted by Gasteiger charge is 2.37.